The van der Waals surface area contributed by atoms with Gasteiger partial charge in [-0.05, 0) is 50.3 Å². The van der Waals surface area contributed by atoms with E-state index in [-0.39, 0.29) is 0 Å². The van der Waals surface area contributed by atoms with Crippen molar-refractivity contribution in [2.45, 2.75) is 50.1 Å². The van der Waals surface area contributed by atoms with Crippen molar-refractivity contribution < 1.29 is 0 Å². The number of halogens is 1. The van der Waals surface area contributed by atoms with Crippen LogP contribution in [0.15, 0.2) is 22.7 Å². The third-order valence-electron chi connectivity index (χ3n) is 4.43. The van der Waals surface area contributed by atoms with Crippen molar-refractivity contribution in [1.82, 2.24) is 9.55 Å². The molecule has 1 aromatic heterocycles. The minimum atomic E-state index is 0.365. The molecule has 0 radical (unpaired) electrons. The van der Waals surface area contributed by atoms with Crippen molar-refractivity contribution in [1.29, 1.82) is 0 Å². The Morgan fingerprint density at radius 1 is 1.21 bits per heavy atom. The maximum absolute atomic E-state index is 6.08. The summed E-state index contributed by atoms with van der Waals surface area (Å²) in [6.07, 6.45) is 6.03. The predicted octanol–water partition coefficient (Wildman–Crippen LogP) is 3.73. The number of imidazole rings is 1. The molecule has 2 aliphatic carbocycles. The third-order valence-corrected chi connectivity index (χ3v) is 4.92. The van der Waals surface area contributed by atoms with E-state index in [2.05, 4.69) is 38.7 Å². The molecule has 4 rings (SSSR count). The maximum Gasteiger partial charge on any atom is 0.113 e. The molecule has 1 heterocycles. The molecule has 0 amide bonds. The summed E-state index contributed by atoms with van der Waals surface area (Å²) < 4.78 is 3.60. The van der Waals surface area contributed by atoms with Crippen LogP contribution in [0, 0.1) is 0 Å². The van der Waals surface area contributed by atoms with Crippen LogP contribution in [-0.2, 0) is 0 Å². The van der Waals surface area contributed by atoms with Crippen LogP contribution < -0.4 is 5.73 Å². The van der Waals surface area contributed by atoms with Crippen molar-refractivity contribution >= 4 is 27.0 Å². The maximum atomic E-state index is 6.08. The SMILES string of the molecule is N[C@H]1CC[C@@H](c2nc3cc(Br)ccc3n2C2CC2)C1. The highest BCUT2D eigenvalue weighted by Gasteiger charge is 2.33. The zero-order chi connectivity index (χ0) is 13.0. The summed E-state index contributed by atoms with van der Waals surface area (Å²) in [4.78, 5) is 4.93. The van der Waals surface area contributed by atoms with Gasteiger partial charge in [-0.15, -0.1) is 0 Å². The Balaban J connectivity index is 1.86. The highest BCUT2D eigenvalue weighted by molar-refractivity contribution is 9.10. The lowest BCUT2D eigenvalue weighted by Crippen LogP contribution is -2.15. The van der Waals surface area contributed by atoms with E-state index in [0.717, 1.165) is 22.8 Å². The average molecular weight is 320 g/mol. The molecule has 100 valence electrons. The quantitative estimate of drug-likeness (QED) is 0.916. The smallest absolute Gasteiger partial charge is 0.113 e. The fourth-order valence-electron chi connectivity index (χ4n) is 3.35. The van der Waals surface area contributed by atoms with E-state index in [0.29, 0.717) is 18.0 Å². The highest BCUT2D eigenvalue weighted by atomic mass is 79.9. The molecule has 19 heavy (non-hydrogen) atoms. The number of aromatic nitrogens is 2. The topological polar surface area (TPSA) is 43.8 Å². The predicted molar refractivity (Wildman–Crippen MR) is 80.3 cm³/mol. The molecule has 4 heteroatoms. The van der Waals surface area contributed by atoms with Gasteiger partial charge < -0.3 is 10.3 Å². The molecule has 0 aliphatic heterocycles. The molecule has 3 nitrogen and oxygen atoms in total. The van der Waals surface area contributed by atoms with Crippen molar-refractivity contribution in [3.63, 3.8) is 0 Å². The Morgan fingerprint density at radius 3 is 2.74 bits per heavy atom. The average Bonchev–Trinajstić information content (AvgIpc) is 3.02. The van der Waals surface area contributed by atoms with Crippen molar-refractivity contribution in [3.8, 4) is 0 Å². The molecule has 2 saturated carbocycles. The van der Waals surface area contributed by atoms with Gasteiger partial charge in [-0.3, -0.25) is 0 Å². The number of hydrogen-bond acceptors (Lipinski definition) is 2. The minimum absolute atomic E-state index is 0.365. The number of nitrogens with zero attached hydrogens (tertiary/aromatic N) is 2. The normalized spacial score (nSPS) is 27.3. The summed E-state index contributed by atoms with van der Waals surface area (Å²) >= 11 is 3.54. The molecule has 2 fully saturated rings. The zero-order valence-electron chi connectivity index (χ0n) is 10.8. The minimum Gasteiger partial charge on any atom is -0.328 e. The summed E-state index contributed by atoms with van der Waals surface area (Å²) in [6, 6.07) is 7.49. The fourth-order valence-corrected chi connectivity index (χ4v) is 3.69. The van der Waals surface area contributed by atoms with Crippen molar-refractivity contribution in [2.75, 3.05) is 0 Å². The van der Waals surface area contributed by atoms with Crippen LogP contribution in [0.25, 0.3) is 11.0 Å². The summed E-state index contributed by atoms with van der Waals surface area (Å²) in [6.45, 7) is 0. The van der Waals surface area contributed by atoms with Gasteiger partial charge in [0.1, 0.15) is 5.82 Å². The Hall–Kier alpha value is -0.870. The molecule has 0 bridgehead atoms. The lowest BCUT2D eigenvalue weighted by Gasteiger charge is -2.13. The standard InChI is InChI=1S/C15H18BrN3/c16-10-2-6-14-13(8-10)18-15(19(14)12-4-5-12)9-1-3-11(17)7-9/h2,6,8-9,11-12H,1,3-5,7,17H2/t9-,11+/m1/s1. The second kappa shape index (κ2) is 4.32. The Morgan fingerprint density at radius 2 is 2.05 bits per heavy atom. The summed E-state index contributed by atoms with van der Waals surface area (Å²) in [5.41, 5.74) is 8.49. The van der Waals surface area contributed by atoms with Crippen LogP contribution in [0.4, 0.5) is 0 Å². The Bertz CT molecular complexity index is 630. The molecule has 0 spiro atoms. The van der Waals surface area contributed by atoms with E-state index in [9.17, 15) is 0 Å². The first-order valence-electron chi connectivity index (χ1n) is 7.15. The monoisotopic (exact) mass is 319 g/mol. The zero-order valence-corrected chi connectivity index (χ0v) is 12.4. The van der Waals surface area contributed by atoms with E-state index in [4.69, 9.17) is 10.7 Å². The van der Waals surface area contributed by atoms with E-state index in [1.807, 2.05) is 0 Å². The summed E-state index contributed by atoms with van der Waals surface area (Å²) in [7, 11) is 0. The first-order valence-corrected chi connectivity index (χ1v) is 7.94. The molecule has 1 aromatic carbocycles. The van der Waals surface area contributed by atoms with E-state index >= 15 is 0 Å². The molecule has 0 saturated heterocycles. The van der Waals surface area contributed by atoms with Gasteiger partial charge in [-0.1, -0.05) is 15.9 Å². The van der Waals surface area contributed by atoms with Crippen molar-refractivity contribution in [2.24, 2.45) is 5.73 Å². The van der Waals surface area contributed by atoms with Gasteiger partial charge in [0, 0.05) is 22.5 Å². The van der Waals surface area contributed by atoms with E-state index in [1.165, 1.54) is 30.6 Å². The largest absolute Gasteiger partial charge is 0.328 e. The van der Waals surface area contributed by atoms with Gasteiger partial charge in [0.2, 0.25) is 0 Å². The number of rotatable bonds is 2. The summed E-state index contributed by atoms with van der Waals surface area (Å²) in [5.74, 6) is 1.84. The molecule has 0 unspecified atom stereocenters. The second-order valence-electron chi connectivity index (χ2n) is 5.97. The van der Waals surface area contributed by atoms with Crippen LogP contribution in [0.5, 0.6) is 0 Å². The van der Waals surface area contributed by atoms with E-state index < -0.39 is 0 Å². The van der Waals surface area contributed by atoms with Gasteiger partial charge >= 0.3 is 0 Å². The number of fused-ring (bicyclic) bond motifs is 1. The van der Waals surface area contributed by atoms with Gasteiger partial charge in [-0.25, -0.2) is 4.98 Å². The van der Waals surface area contributed by atoms with Gasteiger partial charge in [-0.2, -0.15) is 0 Å². The molecule has 2 aliphatic rings. The molecular formula is C15H18BrN3. The van der Waals surface area contributed by atoms with E-state index in [1.54, 1.807) is 0 Å². The second-order valence-corrected chi connectivity index (χ2v) is 6.89. The number of benzene rings is 1. The molecule has 2 N–H and O–H groups in total. The molecule has 2 aromatic rings. The highest BCUT2D eigenvalue weighted by Crippen LogP contribution is 2.43. The van der Waals surface area contributed by atoms with Crippen LogP contribution in [0.1, 0.15) is 49.9 Å². The van der Waals surface area contributed by atoms with Crippen LogP contribution in [0.2, 0.25) is 0 Å². The summed E-state index contributed by atoms with van der Waals surface area (Å²) in [5, 5.41) is 0. The third kappa shape index (κ3) is 2.01. The lowest BCUT2D eigenvalue weighted by atomic mass is 10.1. The number of hydrogen-bond donors (Lipinski definition) is 1. The molecule has 2 atom stereocenters. The first-order chi connectivity index (χ1) is 9.22. The van der Waals surface area contributed by atoms with Crippen LogP contribution in [0.3, 0.4) is 0 Å². The Labute approximate surface area is 121 Å². The number of nitrogens with two attached hydrogens (primary N) is 1. The van der Waals surface area contributed by atoms with Gasteiger partial charge in [0.05, 0.1) is 11.0 Å². The first kappa shape index (κ1) is 11.9. The van der Waals surface area contributed by atoms with Crippen molar-refractivity contribution in [3.05, 3.63) is 28.5 Å². The lowest BCUT2D eigenvalue weighted by molar-refractivity contribution is 0.591. The van der Waals surface area contributed by atoms with Crippen LogP contribution in [-0.4, -0.2) is 15.6 Å². The van der Waals surface area contributed by atoms with Gasteiger partial charge in [0.15, 0.2) is 0 Å². The molecular weight excluding hydrogens is 302 g/mol. The van der Waals surface area contributed by atoms with Gasteiger partial charge in [0.25, 0.3) is 0 Å². The van der Waals surface area contributed by atoms with Crippen LogP contribution >= 0.6 is 15.9 Å². The fraction of sp³-hybridized carbons (Fsp3) is 0.533. The Kier molecular flexibility index (Phi) is 2.71.